The molecule has 0 amide bonds. The van der Waals surface area contributed by atoms with E-state index in [-0.39, 0.29) is 12.1 Å². The highest BCUT2D eigenvalue weighted by Crippen LogP contribution is 2.26. The fourth-order valence-electron chi connectivity index (χ4n) is 2.39. The van der Waals surface area contributed by atoms with Crippen LogP contribution < -0.4 is 0 Å². The van der Waals surface area contributed by atoms with Gasteiger partial charge in [0.2, 0.25) is 0 Å². The SMILES string of the molecule is CC(C)OC(=O)c1cc(-c2ccc(Br)cc2)nc2ccccc12. The highest BCUT2D eigenvalue weighted by molar-refractivity contribution is 9.10. The molecule has 4 heteroatoms. The van der Waals surface area contributed by atoms with Crippen molar-refractivity contribution in [3.05, 3.63) is 64.6 Å². The number of pyridine rings is 1. The van der Waals surface area contributed by atoms with Crippen molar-refractivity contribution in [3.8, 4) is 11.3 Å². The van der Waals surface area contributed by atoms with E-state index < -0.39 is 0 Å². The summed E-state index contributed by atoms with van der Waals surface area (Å²) in [7, 11) is 0. The van der Waals surface area contributed by atoms with E-state index in [1.54, 1.807) is 6.07 Å². The number of carbonyl (C=O) groups excluding carboxylic acids is 1. The number of ether oxygens (including phenoxy) is 1. The van der Waals surface area contributed by atoms with Gasteiger partial charge in [0, 0.05) is 15.4 Å². The molecule has 2 aromatic carbocycles. The molecule has 0 saturated carbocycles. The van der Waals surface area contributed by atoms with E-state index in [4.69, 9.17) is 4.74 Å². The van der Waals surface area contributed by atoms with Crippen LogP contribution in [-0.2, 0) is 4.74 Å². The lowest BCUT2D eigenvalue weighted by molar-refractivity contribution is 0.0380. The molecule has 0 unspecified atom stereocenters. The van der Waals surface area contributed by atoms with Crippen molar-refractivity contribution in [3.63, 3.8) is 0 Å². The highest BCUT2D eigenvalue weighted by atomic mass is 79.9. The lowest BCUT2D eigenvalue weighted by Gasteiger charge is -2.12. The summed E-state index contributed by atoms with van der Waals surface area (Å²) in [6.45, 7) is 3.69. The third-order valence-corrected chi connectivity index (χ3v) is 3.95. The van der Waals surface area contributed by atoms with E-state index in [9.17, 15) is 4.79 Å². The number of fused-ring (bicyclic) bond motifs is 1. The number of hydrogen-bond acceptors (Lipinski definition) is 3. The van der Waals surface area contributed by atoms with E-state index in [0.717, 1.165) is 26.6 Å². The average molecular weight is 370 g/mol. The van der Waals surface area contributed by atoms with Crippen molar-refractivity contribution in [1.29, 1.82) is 0 Å². The third kappa shape index (κ3) is 3.42. The molecule has 3 aromatic rings. The zero-order valence-electron chi connectivity index (χ0n) is 12.9. The predicted octanol–water partition coefficient (Wildman–Crippen LogP) is 5.23. The number of para-hydroxylation sites is 1. The van der Waals surface area contributed by atoms with E-state index in [1.165, 1.54) is 0 Å². The number of benzene rings is 2. The standard InChI is InChI=1S/C19H16BrNO2/c1-12(2)23-19(22)16-11-18(13-7-9-14(20)10-8-13)21-17-6-4-3-5-15(16)17/h3-12H,1-2H3. The molecule has 0 fully saturated rings. The van der Waals surface area contributed by atoms with Crippen LogP contribution in [0.2, 0.25) is 0 Å². The van der Waals surface area contributed by atoms with E-state index in [0.29, 0.717) is 5.56 Å². The number of nitrogens with zero attached hydrogens (tertiary/aromatic N) is 1. The minimum absolute atomic E-state index is 0.162. The second kappa shape index (κ2) is 6.50. The molecule has 0 bridgehead atoms. The molecule has 3 nitrogen and oxygen atoms in total. The zero-order valence-corrected chi connectivity index (χ0v) is 14.5. The summed E-state index contributed by atoms with van der Waals surface area (Å²) in [5.74, 6) is -0.322. The van der Waals surface area contributed by atoms with Crippen LogP contribution in [0.4, 0.5) is 0 Å². The maximum absolute atomic E-state index is 12.4. The molecule has 0 aliphatic rings. The van der Waals surface area contributed by atoms with Gasteiger partial charge in [0.25, 0.3) is 0 Å². The maximum Gasteiger partial charge on any atom is 0.339 e. The smallest absolute Gasteiger partial charge is 0.339 e. The average Bonchev–Trinajstić information content (AvgIpc) is 2.54. The molecule has 23 heavy (non-hydrogen) atoms. The first kappa shape index (κ1) is 15.7. The lowest BCUT2D eigenvalue weighted by atomic mass is 10.0. The molecule has 0 aliphatic heterocycles. The van der Waals surface area contributed by atoms with Crippen molar-refractivity contribution >= 4 is 32.8 Å². The molecule has 0 saturated heterocycles. The van der Waals surface area contributed by atoms with Crippen molar-refractivity contribution in [1.82, 2.24) is 4.98 Å². The van der Waals surface area contributed by atoms with Gasteiger partial charge in [-0.3, -0.25) is 0 Å². The molecular formula is C19H16BrNO2. The molecule has 116 valence electrons. The van der Waals surface area contributed by atoms with Gasteiger partial charge in [0.1, 0.15) is 0 Å². The van der Waals surface area contributed by atoms with Gasteiger partial charge in [-0.25, -0.2) is 9.78 Å². The van der Waals surface area contributed by atoms with Crippen LogP contribution in [0.15, 0.2) is 59.1 Å². The molecule has 1 aromatic heterocycles. The van der Waals surface area contributed by atoms with Crippen molar-refractivity contribution < 1.29 is 9.53 Å². The van der Waals surface area contributed by atoms with Gasteiger partial charge in [-0.2, -0.15) is 0 Å². The quantitative estimate of drug-likeness (QED) is 0.593. The largest absolute Gasteiger partial charge is 0.459 e. The first-order valence-electron chi connectivity index (χ1n) is 7.41. The number of hydrogen-bond donors (Lipinski definition) is 0. The number of aromatic nitrogens is 1. The molecule has 3 rings (SSSR count). The van der Waals surface area contributed by atoms with Gasteiger partial charge in [-0.1, -0.05) is 46.3 Å². The minimum atomic E-state index is -0.322. The third-order valence-electron chi connectivity index (χ3n) is 3.42. The summed E-state index contributed by atoms with van der Waals surface area (Å²) >= 11 is 3.43. The second-order valence-electron chi connectivity index (χ2n) is 5.53. The van der Waals surface area contributed by atoms with Crippen molar-refractivity contribution in [2.75, 3.05) is 0 Å². The normalized spacial score (nSPS) is 11.0. The topological polar surface area (TPSA) is 39.2 Å². The minimum Gasteiger partial charge on any atom is -0.459 e. The van der Waals surface area contributed by atoms with Crippen molar-refractivity contribution in [2.24, 2.45) is 0 Å². The number of halogens is 1. The van der Waals surface area contributed by atoms with Crippen LogP contribution in [0.1, 0.15) is 24.2 Å². The summed E-state index contributed by atoms with van der Waals surface area (Å²) in [5.41, 5.74) is 3.04. The van der Waals surface area contributed by atoms with E-state index >= 15 is 0 Å². The summed E-state index contributed by atoms with van der Waals surface area (Å²) < 4.78 is 6.38. The van der Waals surface area contributed by atoms with Gasteiger partial charge in [0.15, 0.2) is 0 Å². The van der Waals surface area contributed by atoms with E-state index in [2.05, 4.69) is 20.9 Å². The first-order chi connectivity index (χ1) is 11.0. The Bertz CT molecular complexity index is 857. The molecule has 0 spiro atoms. The van der Waals surface area contributed by atoms with Crippen LogP contribution in [0.25, 0.3) is 22.2 Å². The second-order valence-corrected chi connectivity index (χ2v) is 6.45. The summed E-state index contributed by atoms with van der Waals surface area (Å²) in [6.07, 6.45) is -0.162. The monoisotopic (exact) mass is 369 g/mol. The lowest BCUT2D eigenvalue weighted by Crippen LogP contribution is -2.12. The highest BCUT2D eigenvalue weighted by Gasteiger charge is 2.16. The van der Waals surface area contributed by atoms with Crippen LogP contribution in [0, 0.1) is 0 Å². The Morgan fingerprint density at radius 3 is 2.48 bits per heavy atom. The fourth-order valence-corrected chi connectivity index (χ4v) is 2.65. The summed E-state index contributed by atoms with van der Waals surface area (Å²) in [4.78, 5) is 17.1. The van der Waals surface area contributed by atoms with Gasteiger partial charge in [-0.15, -0.1) is 0 Å². The Kier molecular flexibility index (Phi) is 4.44. The zero-order chi connectivity index (χ0) is 16.4. The molecule has 0 aliphatic carbocycles. The molecule has 0 N–H and O–H groups in total. The first-order valence-corrected chi connectivity index (χ1v) is 8.20. The Morgan fingerprint density at radius 1 is 1.09 bits per heavy atom. The fraction of sp³-hybridized carbons (Fsp3) is 0.158. The van der Waals surface area contributed by atoms with Crippen molar-refractivity contribution in [2.45, 2.75) is 20.0 Å². The number of rotatable bonds is 3. The van der Waals surface area contributed by atoms with Gasteiger partial charge < -0.3 is 4.74 Å². The summed E-state index contributed by atoms with van der Waals surface area (Å²) in [5, 5.41) is 0.805. The number of carbonyl (C=O) groups is 1. The Balaban J connectivity index is 2.17. The maximum atomic E-state index is 12.4. The van der Waals surface area contributed by atoms with E-state index in [1.807, 2.05) is 62.4 Å². The van der Waals surface area contributed by atoms with Gasteiger partial charge in [-0.05, 0) is 38.1 Å². The van der Waals surface area contributed by atoms with Crippen LogP contribution >= 0.6 is 15.9 Å². The Labute approximate surface area is 143 Å². The number of esters is 1. The van der Waals surface area contributed by atoms with Gasteiger partial charge in [0.05, 0.1) is 22.9 Å². The predicted molar refractivity (Wildman–Crippen MR) is 95.4 cm³/mol. The molecule has 0 radical (unpaired) electrons. The van der Waals surface area contributed by atoms with Crippen LogP contribution in [-0.4, -0.2) is 17.1 Å². The summed E-state index contributed by atoms with van der Waals surface area (Å²) in [6, 6.07) is 17.3. The Morgan fingerprint density at radius 2 is 1.78 bits per heavy atom. The molecular weight excluding hydrogens is 354 g/mol. The van der Waals surface area contributed by atoms with Crippen LogP contribution in [0.5, 0.6) is 0 Å². The molecule has 0 atom stereocenters. The van der Waals surface area contributed by atoms with Crippen LogP contribution in [0.3, 0.4) is 0 Å². The molecule has 1 heterocycles. The van der Waals surface area contributed by atoms with Gasteiger partial charge >= 0.3 is 5.97 Å². The Hall–Kier alpha value is -2.20.